The van der Waals surface area contributed by atoms with Crippen molar-refractivity contribution in [3.63, 3.8) is 0 Å². The van der Waals surface area contributed by atoms with Crippen molar-refractivity contribution in [3.8, 4) is 0 Å². The fourth-order valence-electron chi connectivity index (χ4n) is 1.54. The number of halogens is 1. The van der Waals surface area contributed by atoms with Crippen molar-refractivity contribution in [1.29, 1.82) is 0 Å². The van der Waals surface area contributed by atoms with E-state index in [1.807, 2.05) is 0 Å². The third-order valence-corrected chi connectivity index (χ3v) is 2.32. The van der Waals surface area contributed by atoms with Crippen LogP contribution < -0.4 is 11.1 Å². The van der Waals surface area contributed by atoms with Crippen molar-refractivity contribution in [2.75, 3.05) is 0 Å². The highest BCUT2D eigenvalue weighted by molar-refractivity contribution is 5.96. The molecule has 1 aromatic rings. The second-order valence-electron chi connectivity index (χ2n) is 4.00. The largest absolute Gasteiger partial charge is 0.370 e. The molecule has 0 fully saturated rings. The molecule has 3 N–H and O–H groups in total. The average molecular weight is 238 g/mol. The topological polar surface area (TPSA) is 72.2 Å². The van der Waals surface area contributed by atoms with E-state index in [2.05, 4.69) is 5.32 Å². The minimum atomic E-state index is -0.478. The summed E-state index contributed by atoms with van der Waals surface area (Å²) in [6, 6.07) is 3.58. The lowest BCUT2D eigenvalue weighted by Crippen LogP contribution is -2.36. The highest BCUT2D eigenvalue weighted by Gasteiger charge is 2.13. The van der Waals surface area contributed by atoms with Gasteiger partial charge in [-0.15, -0.1) is 0 Å². The maximum atomic E-state index is 12.9. The second kappa shape index (κ2) is 5.43. The standard InChI is InChI=1S/C12H15FN2O2/c1-7-5-9(13)3-4-10(7)12(17)15-8(2)6-11(14)16/h3-5,8H,6H2,1-2H3,(H2,14,16)(H,15,17). The van der Waals surface area contributed by atoms with E-state index < -0.39 is 5.91 Å². The van der Waals surface area contributed by atoms with Crippen molar-refractivity contribution >= 4 is 11.8 Å². The number of carbonyl (C=O) groups is 2. The molecule has 0 heterocycles. The smallest absolute Gasteiger partial charge is 0.251 e. The Morgan fingerprint density at radius 2 is 2.12 bits per heavy atom. The van der Waals surface area contributed by atoms with Gasteiger partial charge in [-0.3, -0.25) is 9.59 Å². The van der Waals surface area contributed by atoms with Gasteiger partial charge in [-0.2, -0.15) is 0 Å². The minimum absolute atomic E-state index is 0.0754. The predicted molar refractivity (Wildman–Crippen MR) is 61.9 cm³/mol. The zero-order chi connectivity index (χ0) is 13.0. The fourth-order valence-corrected chi connectivity index (χ4v) is 1.54. The van der Waals surface area contributed by atoms with E-state index in [9.17, 15) is 14.0 Å². The van der Waals surface area contributed by atoms with Crippen LogP contribution >= 0.6 is 0 Å². The molecule has 0 aliphatic heterocycles. The second-order valence-corrected chi connectivity index (χ2v) is 4.00. The van der Waals surface area contributed by atoms with Crippen LogP contribution in [0, 0.1) is 12.7 Å². The van der Waals surface area contributed by atoms with Gasteiger partial charge in [-0.25, -0.2) is 4.39 Å². The maximum Gasteiger partial charge on any atom is 0.251 e. The molecule has 4 nitrogen and oxygen atoms in total. The Morgan fingerprint density at radius 3 is 2.65 bits per heavy atom. The number of primary amides is 1. The molecule has 1 aromatic carbocycles. The molecule has 0 spiro atoms. The van der Waals surface area contributed by atoms with Gasteiger partial charge in [0.05, 0.1) is 0 Å². The number of aryl methyl sites for hydroxylation is 1. The number of benzene rings is 1. The number of carbonyl (C=O) groups excluding carboxylic acids is 2. The molecule has 1 atom stereocenters. The van der Waals surface area contributed by atoms with Crippen molar-refractivity contribution in [1.82, 2.24) is 5.32 Å². The number of nitrogens with one attached hydrogen (secondary N) is 1. The summed E-state index contributed by atoms with van der Waals surface area (Å²) < 4.78 is 12.9. The Hall–Kier alpha value is -1.91. The van der Waals surface area contributed by atoms with Crippen LogP contribution in [0.15, 0.2) is 18.2 Å². The molecule has 92 valence electrons. The number of hydrogen-bond acceptors (Lipinski definition) is 2. The molecule has 0 bridgehead atoms. The molecule has 1 rings (SSSR count). The van der Waals surface area contributed by atoms with Gasteiger partial charge in [0.15, 0.2) is 0 Å². The molecule has 0 radical (unpaired) electrons. The SMILES string of the molecule is Cc1cc(F)ccc1C(=O)NC(C)CC(N)=O. The van der Waals surface area contributed by atoms with Gasteiger partial charge in [0.1, 0.15) is 5.82 Å². The van der Waals surface area contributed by atoms with Gasteiger partial charge in [-0.1, -0.05) is 0 Å². The summed E-state index contributed by atoms with van der Waals surface area (Å²) in [5.41, 5.74) is 5.96. The van der Waals surface area contributed by atoms with Crippen LogP contribution in [0.3, 0.4) is 0 Å². The van der Waals surface area contributed by atoms with Gasteiger partial charge in [0.2, 0.25) is 5.91 Å². The Bertz CT molecular complexity index is 446. The molecule has 0 aliphatic rings. The third kappa shape index (κ3) is 3.86. The molecule has 0 aliphatic carbocycles. The zero-order valence-corrected chi connectivity index (χ0v) is 9.79. The third-order valence-electron chi connectivity index (χ3n) is 2.32. The predicted octanol–water partition coefficient (Wildman–Crippen LogP) is 1.13. The Balaban J connectivity index is 2.73. The average Bonchev–Trinajstić information content (AvgIpc) is 2.15. The van der Waals surface area contributed by atoms with E-state index in [0.717, 1.165) is 0 Å². The van der Waals surface area contributed by atoms with Gasteiger partial charge in [-0.05, 0) is 37.6 Å². The van der Waals surface area contributed by atoms with Crippen molar-refractivity contribution in [2.45, 2.75) is 26.3 Å². The number of hydrogen-bond donors (Lipinski definition) is 2. The van der Waals surface area contributed by atoms with Crippen LogP contribution in [-0.2, 0) is 4.79 Å². The molecular weight excluding hydrogens is 223 g/mol. The molecule has 0 saturated heterocycles. The van der Waals surface area contributed by atoms with Crippen LogP contribution in [0.25, 0.3) is 0 Å². The lowest BCUT2D eigenvalue weighted by Gasteiger charge is -2.13. The van der Waals surface area contributed by atoms with E-state index >= 15 is 0 Å². The van der Waals surface area contributed by atoms with E-state index in [1.54, 1.807) is 13.8 Å². The summed E-state index contributed by atoms with van der Waals surface area (Å²) in [5.74, 6) is -1.20. The highest BCUT2D eigenvalue weighted by Crippen LogP contribution is 2.10. The first-order valence-corrected chi connectivity index (χ1v) is 5.25. The first-order chi connectivity index (χ1) is 7.90. The van der Waals surface area contributed by atoms with Crippen molar-refractivity contribution in [3.05, 3.63) is 35.1 Å². The number of rotatable bonds is 4. The number of amides is 2. The first kappa shape index (κ1) is 13.2. The highest BCUT2D eigenvalue weighted by atomic mass is 19.1. The molecule has 5 heteroatoms. The van der Waals surface area contributed by atoms with E-state index in [1.165, 1.54) is 18.2 Å². The summed E-state index contributed by atoms with van der Waals surface area (Å²) >= 11 is 0. The van der Waals surface area contributed by atoms with E-state index in [-0.39, 0.29) is 24.2 Å². The summed E-state index contributed by atoms with van der Waals surface area (Å²) in [4.78, 5) is 22.4. The van der Waals surface area contributed by atoms with Gasteiger partial charge in [0.25, 0.3) is 5.91 Å². The molecule has 0 aromatic heterocycles. The lowest BCUT2D eigenvalue weighted by atomic mass is 10.1. The Kier molecular flexibility index (Phi) is 4.20. The maximum absolute atomic E-state index is 12.9. The molecule has 2 amide bonds. The van der Waals surface area contributed by atoms with Crippen LogP contribution in [0.5, 0.6) is 0 Å². The van der Waals surface area contributed by atoms with Gasteiger partial charge >= 0.3 is 0 Å². The first-order valence-electron chi connectivity index (χ1n) is 5.25. The summed E-state index contributed by atoms with van der Waals surface area (Å²) in [5, 5.41) is 2.63. The summed E-state index contributed by atoms with van der Waals surface area (Å²) in [7, 11) is 0. The molecular formula is C12H15FN2O2. The van der Waals surface area contributed by atoms with Crippen LogP contribution in [0.1, 0.15) is 29.3 Å². The van der Waals surface area contributed by atoms with Crippen LogP contribution in [-0.4, -0.2) is 17.9 Å². The lowest BCUT2D eigenvalue weighted by molar-refractivity contribution is -0.118. The monoisotopic (exact) mass is 238 g/mol. The quantitative estimate of drug-likeness (QED) is 0.825. The summed E-state index contributed by atoms with van der Waals surface area (Å²) in [6.45, 7) is 3.33. The molecule has 1 unspecified atom stereocenters. The van der Waals surface area contributed by atoms with Gasteiger partial charge < -0.3 is 11.1 Å². The Morgan fingerprint density at radius 1 is 1.47 bits per heavy atom. The van der Waals surface area contributed by atoms with Crippen molar-refractivity contribution < 1.29 is 14.0 Å². The van der Waals surface area contributed by atoms with E-state index in [4.69, 9.17) is 5.73 Å². The molecule has 0 saturated carbocycles. The van der Waals surface area contributed by atoms with Crippen LogP contribution in [0.4, 0.5) is 4.39 Å². The van der Waals surface area contributed by atoms with E-state index in [0.29, 0.717) is 11.1 Å². The minimum Gasteiger partial charge on any atom is -0.370 e. The number of nitrogens with two attached hydrogens (primary N) is 1. The summed E-state index contributed by atoms with van der Waals surface area (Å²) in [6.07, 6.45) is 0.0754. The normalized spacial score (nSPS) is 11.9. The van der Waals surface area contributed by atoms with Gasteiger partial charge in [0, 0.05) is 18.0 Å². The zero-order valence-electron chi connectivity index (χ0n) is 9.79. The van der Waals surface area contributed by atoms with Crippen LogP contribution in [0.2, 0.25) is 0 Å². The van der Waals surface area contributed by atoms with Crippen molar-refractivity contribution in [2.24, 2.45) is 5.73 Å². The molecule has 17 heavy (non-hydrogen) atoms. The Labute approximate surface area is 99.0 Å². The fraction of sp³-hybridized carbons (Fsp3) is 0.333.